The lowest BCUT2D eigenvalue weighted by atomic mass is 10.0. The fourth-order valence-corrected chi connectivity index (χ4v) is 2.88. The van der Waals surface area contributed by atoms with Gasteiger partial charge in [-0.3, -0.25) is 0 Å². The first-order valence-corrected chi connectivity index (χ1v) is 6.84. The third-order valence-electron chi connectivity index (χ3n) is 3.87. The number of nitrogens with one attached hydrogen (secondary N) is 1. The van der Waals surface area contributed by atoms with Crippen molar-refractivity contribution in [3.05, 3.63) is 29.8 Å². The number of phenolic OH excluding ortho intramolecular Hbond substituents is 1. The van der Waals surface area contributed by atoms with Crippen LogP contribution in [-0.4, -0.2) is 28.9 Å². The van der Waals surface area contributed by atoms with Crippen LogP contribution in [0.1, 0.15) is 31.7 Å². The summed E-state index contributed by atoms with van der Waals surface area (Å²) < 4.78 is 0. The lowest BCUT2D eigenvalue weighted by molar-refractivity contribution is 0.200. The SMILES string of the molecule is CC(Cc1ccc(O)cc1)NC1CCCC1CO. The topological polar surface area (TPSA) is 52.5 Å². The Morgan fingerprint density at radius 1 is 1.28 bits per heavy atom. The third kappa shape index (κ3) is 3.47. The van der Waals surface area contributed by atoms with Crippen LogP contribution in [0.2, 0.25) is 0 Å². The Bertz CT molecular complexity index is 363. The van der Waals surface area contributed by atoms with Crippen LogP contribution in [0.3, 0.4) is 0 Å². The van der Waals surface area contributed by atoms with Crippen molar-refractivity contribution in [3.63, 3.8) is 0 Å². The van der Waals surface area contributed by atoms with Crippen LogP contribution < -0.4 is 5.32 Å². The highest BCUT2D eigenvalue weighted by Crippen LogP contribution is 2.25. The van der Waals surface area contributed by atoms with Crippen molar-refractivity contribution in [3.8, 4) is 5.75 Å². The molecular formula is C15H23NO2. The molecule has 3 unspecified atom stereocenters. The maximum absolute atomic E-state index is 9.30. The van der Waals surface area contributed by atoms with Crippen LogP contribution in [-0.2, 0) is 6.42 Å². The van der Waals surface area contributed by atoms with Crippen molar-refractivity contribution in [1.82, 2.24) is 5.32 Å². The predicted molar refractivity (Wildman–Crippen MR) is 72.6 cm³/mol. The van der Waals surface area contributed by atoms with E-state index in [1.165, 1.54) is 18.4 Å². The first-order valence-electron chi connectivity index (χ1n) is 6.84. The molecule has 0 spiro atoms. The van der Waals surface area contributed by atoms with Crippen molar-refractivity contribution in [2.75, 3.05) is 6.61 Å². The molecule has 0 amide bonds. The van der Waals surface area contributed by atoms with Gasteiger partial charge in [-0.15, -0.1) is 0 Å². The molecule has 3 heteroatoms. The average Bonchev–Trinajstić information content (AvgIpc) is 2.79. The highest BCUT2D eigenvalue weighted by atomic mass is 16.3. The summed E-state index contributed by atoms with van der Waals surface area (Å²) in [7, 11) is 0. The lowest BCUT2D eigenvalue weighted by Crippen LogP contribution is -2.40. The van der Waals surface area contributed by atoms with E-state index in [0.29, 0.717) is 30.4 Å². The van der Waals surface area contributed by atoms with Gasteiger partial charge in [0.15, 0.2) is 0 Å². The fourth-order valence-electron chi connectivity index (χ4n) is 2.88. The zero-order chi connectivity index (χ0) is 13.0. The van der Waals surface area contributed by atoms with Gasteiger partial charge in [0.1, 0.15) is 5.75 Å². The number of phenols is 1. The Morgan fingerprint density at radius 2 is 2.00 bits per heavy atom. The molecule has 2 rings (SSSR count). The van der Waals surface area contributed by atoms with Gasteiger partial charge < -0.3 is 15.5 Å². The van der Waals surface area contributed by atoms with Crippen molar-refractivity contribution in [2.24, 2.45) is 5.92 Å². The zero-order valence-corrected chi connectivity index (χ0v) is 11.0. The van der Waals surface area contributed by atoms with E-state index < -0.39 is 0 Å². The average molecular weight is 249 g/mol. The van der Waals surface area contributed by atoms with Gasteiger partial charge in [-0.1, -0.05) is 18.6 Å². The third-order valence-corrected chi connectivity index (χ3v) is 3.87. The Hall–Kier alpha value is -1.06. The molecule has 0 aromatic heterocycles. The lowest BCUT2D eigenvalue weighted by Gasteiger charge is -2.24. The quantitative estimate of drug-likeness (QED) is 0.749. The molecule has 0 aliphatic heterocycles. The molecule has 1 saturated carbocycles. The summed E-state index contributed by atoms with van der Waals surface area (Å²) >= 11 is 0. The Morgan fingerprint density at radius 3 is 2.67 bits per heavy atom. The second-order valence-electron chi connectivity index (χ2n) is 5.42. The highest BCUT2D eigenvalue weighted by molar-refractivity contribution is 5.26. The first-order chi connectivity index (χ1) is 8.69. The maximum atomic E-state index is 9.30. The van der Waals surface area contributed by atoms with Crippen molar-refractivity contribution >= 4 is 0 Å². The summed E-state index contributed by atoms with van der Waals surface area (Å²) in [4.78, 5) is 0. The second kappa shape index (κ2) is 6.21. The van der Waals surface area contributed by atoms with Gasteiger partial charge in [-0.05, 0) is 49.8 Å². The summed E-state index contributed by atoms with van der Waals surface area (Å²) in [5.74, 6) is 0.739. The van der Waals surface area contributed by atoms with Crippen LogP contribution in [0.15, 0.2) is 24.3 Å². The number of rotatable bonds is 5. The molecule has 1 aromatic rings. The summed E-state index contributed by atoms with van der Waals surface area (Å²) in [5.41, 5.74) is 1.23. The van der Waals surface area contributed by atoms with Gasteiger partial charge in [0.25, 0.3) is 0 Å². The summed E-state index contributed by atoms with van der Waals surface area (Å²) in [5, 5.41) is 22.2. The van der Waals surface area contributed by atoms with E-state index in [2.05, 4.69) is 12.2 Å². The molecule has 0 radical (unpaired) electrons. The minimum absolute atomic E-state index is 0.295. The number of hydrogen-bond acceptors (Lipinski definition) is 3. The van der Waals surface area contributed by atoms with E-state index in [9.17, 15) is 10.2 Å². The van der Waals surface area contributed by atoms with Gasteiger partial charge >= 0.3 is 0 Å². The Balaban J connectivity index is 1.84. The van der Waals surface area contributed by atoms with Gasteiger partial charge in [0, 0.05) is 18.7 Å². The largest absolute Gasteiger partial charge is 0.508 e. The molecule has 1 fully saturated rings. The molecule has 0 bridgehead atoms. The molecule has 3 N–H and O–H groups in total. The number of hydrogen-bond donors (Lipinski definition) is 3. The molecule has 3 atom stereocenters. The van der Waals surface area contributed by atoms with Crippen molar-refractivity contribution in [1.29, 1.82) is 0 Å². The van der Waals surface area contributed by atoms with E-state index in [4.69, 9.17) is 0 Å². The monoisotopic (exact) mass is 249 g/mol. The summed E-state index contributed by atoms with van der Waals surface area (Å²) in [6, 6.07) is 8.24. The Kier molecular flexibility index (Phi) is 4.61. The number of benzene rings is 1. The molecule has 18 heavy (non-hydrogen) atoms. The minimum Gasteiger partial charge on any atom is -0.508 e. The highest BCUT2D eigenvalue weighted by Gasteiger charge is 2.27. The molecule has 3 nitrogen and oxygen atoms in total. The van der Waals surface area contributed by atoms with E-state index in [-0.39, 0.29) is 0 Å². The van der Waals surface area contributed by atoms with Gasteiger partial charge in [-0.25, -0.2) is 0 Å². The van der Waals surface area contributed by atoms with Crippen LogP contribution in [0.4, 0.5) is 0 Å². The number of aromatic hydroxyl groups is 1. The van der Waals surface area contributed by atoms with E-state index in [1.54, 1.807) is 12.1 Å². The van der Waals surface area contributed by atoms with E-state index in [0.717, 1.165) is 12.8 Å². The fraction of sp³-hybridized carbons (Fsp3) is 0.600. The van der Waals surface area contributed by atoms with E-state index in [1.807, 2.05) is 12.1 Å². The number of aliphatic hydroxyl groups excluding tert-OH is 1. The Labute approximate surface area is 109 Å². The van der Waals surface area contributed by atoms with Gasteiger partial charge in [0.05, 0.1) is 0 Å². The van der Waals surface area contributed by atoms with Crippen molar-refractivity contribution < 1.29 is 10.2 Å². The molecule has 1 aromatic carbocycles. The number of aliphatic hydroxyl groups is 1. The van der Waals surface area contributed by atoms with Crippen LogP contribution in [0.5, 0.6) is 5.75 Å². The molecule has 100 valence electrons. The molecule has 0 heterocycles. The molecule has 0 saturated heterocycles. The standard InChI is InChI=1S/C15H23NO2/c1-11(9-12-5-7-14(18)8-6-12)16-15-4-2-3-13(15)10-17/h5-8,11,13,15-18H,2-4,9-10H2,1H3. The minimum atomic E-state index is 0.295. The maximum Gasteiger partial charge on any atom is 0.115 e. The van der Waals surface area contributed by atoms with Crippen LogP contribution >= 0.6 is 0 Å². The van der Waals surface area contributed by atoms with Gasteiger partial charge in [-0.2, -0.15) is 0 Å². The predicted octanol–water partition coefficient (Wildman–Crippen LogP) is 2.07. The normalized spacial score (nSPS) is 25.2. The van der Waals surface area contributed by atoms with E-state index >= 15 is 0 Å². The zero-order valence-electron chi connectivity index (χ0n) is 11.0. The van der Waals surface area contributed by atoms with Crippen molar-refractivity contribution in [2.45, 2.75) is 44.7 Å². The summed E-state index contributed by atoms with van der Waals surface area (Å²) in [6.45, 7) is 2.48. The first kappa shape index (κ1) is 13.4. The molecule has 1 aliphatic carbocycles. The smallest absolute Gasteiger partial charge is 0.115 e. The second-order valence-corrected chi connectivity index (χ2v) is 5.42. The summed E-state index contributed by atoms with van der Waals surface area (Å²) in [6.07, 6.45) is 4.48. The molecular weight excluding hydrogens is 226 g/mol. The van der Waals surface area contributed by atoms with Gasteiger partial charge in [0.2, 0.25) is 0 Å². The van der Waals surface area contributed by atoms with Crippen LogP contribution in [0.25, 0.3) is 0 Å². The molecule has 1 aliphatic rings. The van der Waals surface area contributed by atoms with Crippen LogP contribution in [0, 0.1) is 5.92 Å².